The summed E-state index contributed by atoms with van der Waals surface area (Å²) < 4.78 is 25.2. The van der Waals surface area contributed by atoms with Crippen molar-refractivity contribution in [2.24, 2.45) is 5.73 Å². The lowest BCUT2D eigenvalue weighted by Gasteiger charge is -2.33. The number of nitrogens with two attached hydrogens (primary N) is 1. The number of carbonyl (C=O) groups is 1. The third-order valence-electron chi connectivity index (χ3n) is 2.68. The third kappa shape index (κ3) is 3.62. The molecule has 1 fully saturated rings. The van der Waals surface area contributed by atoms with Crippen LogP contribution in [-0.4, -0.2) is 49.0 Å². The van der Waals surface area contributed by atoms with Crippen LogP contribution in [0, 0.1) is 0 Å². The van der Waals surface area contributed by atoms with Gasteiger partial charge in [-0.1, -0.05) is 18.6 Å². The topological polar surface area (TPSA) is 92.5 Å². The number of amides is 1. The van der Waals surface area contributed by atoms with Gasteiger partial charge in [-0.05, 0) is 12.8 Å². The van der Waals surface area contributed by atoms with Gasteiger partial charge < -0.3 is 11.1 Å². The Hall–Kier alpha value is -0.730. The van der Waals surface area contributed by atoms with Crippen LogP contribution in [0.3, 0.4) is 0 Å². The zero-order valence-electron chi connectivity index (χ0n) is 9.68. The largest absolute Gasteiger partial charge is 0.392 e. The molecule has 3 N–H and O–H groups in total. The average molecular weight is 279 g/mol. The van der Waals surface area contributed by atoms with Gasteiger partial charge in [0, 0.05) is 13.6 Å². The van der Waals surface area contributed by atoms with E-state index in [1.807, 2.05) is 0 Å². The minimum atomic E-state index is -3.58. The highest BCUT2D eigenvalue weighted by molar-refractivity contribution is 7.92. The summed E-state index contributed by atoms with van der Waals surface area (Å²) in [7, 11) is -2.09. The first-order valence-electron chi connectivity index (χ1n) is 5.38. The Morgan fingerprint density at radius 2 is 2.18 bits per heavy atom. The van der Waals surface area contributed by atoms with E-state index in [0.29, 0.717) is 13.0 Å². The van der Waals surface area contributed by atoms with Gasteiger partial charge in [-0.25, -0.2) is 8.42 Å². The molecule has 1 saturated heterocycles. The highest BCUT2D eigenvalue weighted by atomic mass is 32.2. The van der Waals surface area contributed by atoms with Crippen LogP contribution in [0.2, 0.25) is 0 Å². The van der Waals surface area contributed by atoms with E-state index in [4.69, 9.17) is 5.73 Å². The van der Waals surface area contributed by atoms with Crippen LogP contribution in [-0.2, 0) is 14.8 Å². The van der Waals surface area contributed by atoms with Crippen molar-refractivity contribution in [1.29, 1.82) is 0 Å². The zero-order chi connectivity index (χ0) is 13.1. The van der Waals surface area contributed by atoms with Crippen LogP contribution < -0.4 is 11.1 Å². The van der Waals surface area contributed by atoms with E-state index in [1.165, 1.54) is 11.4 Å². The number of thiocarbonyl (C=S) groups is 1. The van der Waals surface area contributed by atoms with E-state index in [1.54, 1.807) is 0 Å². The summed E-state index contributed by atoms with van der Waals surface area (Å²) in [5, 5.41) is 2.48. The molecule has 6 nitrogen and oxygen atoms in total. The molecule has 1 aliphatic rings. The van der Waals surface area contributed by atoms with Crippen molar-refractivity contribution in [3.05, 3.63) is 0 Å². The molecular weight excluding hydrogens is 262 g/mol. The van der Waals surface area contributed by atoms with Crippen LogP contribution in [0.5, 0.6) is 0 Å². The van der Waals surface area contributed by atoms with Crippen LogP contribution in [0.25, 0.3) is 0 Å². The monoisotopic (exact) mass is 279 g/mol. The maximum atomic E-state index is 12.0. The molecule has 1 amide bonds. The summed E-state index contributed by atoms with van der Waals surface area (Å²) in [6, 6.07) is -0.631. The fourth-order valence-electron chi connectivity index (χ4n) is 1.93. The molecule has 0 aromatic carbocycles. The van der Waals surface area contributed by atoms with E-state index in [-0.39, 0.29) is 16.6 Å². The average Bonchev–Trinajstić information content (AvgIpc) is 2.26. The van der Waals surface area contributed by atoms with Crippen LogP contribution in [0.1, 0.15) is 19.3 Å². The van der Waals surface area contributed by atoms with Gasteiger partial charge in [-0.15, -0.1) is 0 Å². The summed E-state index contributed by atoms with van der Waals surface area (Å²) >= 11 is 4.62. The second kappa shape index (κ2) is 5.74. The number of hydrogen-bond acceptors (Lipinski definition) is 4. The number of likely N-dealkylation sites (N-methyl/N-ethyl adjacent to an activating group) is 1. The summed E-state index contributed by atoms with van der Waals surface area (Å²) in [5.74, 6) is -0.660. The summed E-state index contributed by atoms with van der Waals surface area (Å²) in [6.45, 7) is 0.350. The molecule has 0 radical (unpaired) electrons. The van der Waals surface area contributed by atoms with Gasteiger partial charge in [0.05, 0.1) is 4.99 Å². The fourth-order valence-corrected chi connectivity index (χ4v) is 3.90. The number of carbonyl (C=O) groups excluding carboxylic acids is 1. The fraction of sp³-hybridized carbons (Fsp3) is 0.778. The zero-order valence-corrected chi connectivity index (χ0v) is 11.3. The number of rotatable bonds is 4. The van der Waals surface area contributed by atoms with Gasteiger partial charge in [-0.3, -0.25) is 4.79 Å². The van der Waals surface area contributed by atoms with E-state index >= 15 is 0 Å². The van der Waals surface area contributed by atoms with Crippen molar-refractivity contribution in [1.82, 2.24) is 9.62 Å². The van der Waals surface area contributed by atoms with Gasteiger partial charge in [0.25, 0.3) is 0 Å². The Kier molecular flexibility index (Phi) is 4.84. The maximum Gasteiger partial charge on any atom is 0.238 e. The highest BCUT2D eigenvalue weighted by Crippen LogP contribution is 2.20. The molecule has 1 unspecified atom stereocenters. The molecule has 0 aromatic heterocycles. The first-order valence-corrected chi connectivity index (χ1v) is 7.39. The third-order valence-corrected chi connectivity index (χ3v) is 4.84. The molecule has 0 aromatic rings. The molecule has 0 saturated carbocycles. The number of hydrogen-bond donors (Lipinski definition) is 2. The second-order valence-electron chi connectivity index (χ2n) is 3.96. The number of nitrogens with zero attached hydrogens (tertiary/aromatic N) is 1. The lowest BCUT2D eigenvalue weighted by Crippen LogP contribution is -2.52. The molecule has 0 aliphatic carbocycles. The van der Waals surface area contributed by atoms with E-state index in [2.05, 4.69) is 17.5 Å². The lowest BCUT2D eigenvalue weighted by molar-refractivity contribution is -0.125. The van der Waals surface area contributed by atoms with Gasteiger partial charge in [-0.2, -0.15) is 4.31 Å². The Balaban J connectivity index is 2.91. The van der Waals surface area contributed by atoms with Crippen LogP contribution in [0.15, 0.2) is 0 Å². The highest BCUT2D eigenvalue weighted by Gasteiger charge is 2.36. The molecule has 0 bridgehead atoms. The van der Waals surface area contributed by atoms with Gasteiger partial charge in [0.2, 0.25) is 15.9 Å². The first kappa shape index (κ1) is 14.3. The van der Waals surface area contributed by atoms with Crippen molar-refractivity contribution in [3.8, 4) is 0 Å². The number of nitrogens with one attached hydrogen (secondary N) is 1. The van der Waals surface area contributed by atoms with Crippen molar-refractivity contribution in [2.45, 2.75) is 25.3 Å². The maximum absolute atomic E-state index is 12.0. The molecule has 0 spiro atoms. The Morgan fingerprint density at radius 3 is 2.71 bits per heavy atom. The van der Waals surface area contributed by atoms with Crippen molar-refractivity contribution in [3.63, 3.8) is 0 Å². The predicted octanol–water partition coefficient (Wildman–Crippen LogP) is -0.797. The summed E-state index contributed by atoms with van der Waals surface area (Å²) in [4.78, 5) is 11.6. The molecule has 17 heavy (non-hydrogen) atoms. The summed E-state index contributed by atoms with van der Waals surface area (Å²) in [5.41, 5.74) is 5.26. The second-order valence-corrected chi connectivity index (χ2v) is 6.40. The van der Waals surface area contributed by atoms with Gasteiger partial charge >= 0.3 is 0 Å². The normalized spacial score (nSPS) is 22.1. The Morgan fingerprint density at radius 1 is 1.53 bits per heavy atom. The number of piperidine rings is 1. The summed E-state index contributed by atoms with van der Waals surface area (Å²) in [6.07, 6.45) is 2.14. The van der Waals surface area contributed by atoms with Gasteiger partial charge in [0.15, 0.2) is 0 Å². The van der Waals surface area contributed by atoms with Crippen molar-refractivity contribution in [2.75, 3.05) is 19.3 Å². The first-order chi connectivity index (χ1) is 7.88. The van der Waals surface area contributed by atoms with E-state index in [0.717, 1.165) is 12.8 Å². The number of sulfonamides is 1. The Labute approximate surface area is 107 Å². The molecule has 1 aliphatic heterocycles. The van der Waals surface area contributed by atoms with Crippen LogP contribution >= 0.6 is 12.2 Å². The predicted molar refractivity (Wildman–Crippen MR) is 69.0 cm³/mol. The molecule has 1 rings (SSSR count). The van der Waals surface area contributed by atoms with E-state index < -0.39 is 16.1 Å². The molecule has 1 atom stereocenters. The Bertz CT molecular complexity index is 408. The van der Waals surface area contributed by atoms with Crippen molar-refractivity contribution >= 4 is 33.1 Å². The van der Waals surface area contributed by atoms with E-state index in [9.17, 15) is 13.2 Å². The quantitative estimate of drug-likeness (QED) is 0.658. The van der Waals surface area contributed by atoms with Crippen LogP contribution in [0.4, 0.5) is 0 Å². The standard InChI is InChI=1S/C9H17N3O3S2/c1-11-9(13)7-4-2-3-5-12(7)17(14,15)6-8(10)16/h7H,2-6H2,1H3,(H2,10,16)(H,11,13). The van der Waals surface area contributed by atoms with Crippen molar-refractivity contribution < 1.29 is 13.2 Å². The molecule has 8 heteroatoms. The SMILES string of the molecule is CNC(=O)C1CCCCN1S(=O)(=O)CC(N)=S. The van der Waals surface area contributed by atoms with Gasteiger partial charge in [0.1, 0.15) is 11.8 Å². The molecular formula is C9H17N3O3S2. The molecule has 98 valence electrons. The minimum Gasteiger partial charge on any atom is -0.392 e. The minimum absolute atomic E-state index is 0.0776. The smallest absolute Gasteiger partial charge is 0.238 e. The lowest BCUT2D eigenvalue weighted by atomic mass is 10.0. The molecule has 1 heterocycles.